The molecule has 1 aliphatic heterocycles. The summed E-state index contributed by atoms with van der Waals surface area (Å²) in [5.41, 5.74) is 1.33. The highest BCUT2D eigenvalue weighted by molar-refractivity contribution is 14.1. The molecule has 0 saturated heterocycles. The summed E-state index contributed by atoms with van der Waals surface area (Å²) in [7, 11) is 3.33. The molecule has 1 aliphatic rings. The zero-order valence-corrected chi connectivity index (χ0v) is 15.7. The Labute approximate surface area is 146 Å². The first kappa shape index (κ1) is 17.2. The molecule has 1 aromatic rings. The van der Waals surface area contributed by atoms with Crippen LogP contribution in [0.15, 0.2) is 34.3 Å². The fraction of sp³-hybridized carbons (Fsp3) is 0.529. The molecule has 2 atom stereocenters. The van der Waals surface area contributed by atoms with Crippen LogP contribution < -0.4 is 0 Å². The van der Waals surface area contributed by atoms with Gasteiger partial charge in [0.05, 0.1) is 14.2 Å². The monoisotopic (exact) mass is 414 g/mol. The molecule has 0 spiro atoms. The van der Waals surface area contributed by atoms with Crippen LogP contribution in [-0.4, -0.2) is 38.1 Å². The lowest BCUT2D eigenvalue weighted by Gasteiger charge is -2.27. The highest BCUT2D eigenvalue weighted by Crippen LogP contribution is 2.21. The number of hydrogen-bond donors (Lipinski definition) is 0. The fourth-order valence-electron chi connectivity index (χ4n) is 2.54. The van der Waals surface area contributed by atoms with Crippen molar-refractivity contribution in [3.63, 3.8) is 0 Å². The smallest absolute Gasteiger partial charge is 0.209 e. The molecule has 0 amide bonds. The molecule has 1 heterocycles. The first-order valence-corrected chi connectivity index (χ1v) is 8.61. The molecule has 0 unspecified atom stereocenters. The van der Waals surface area contributed by atoms with Gasteiger partial charge in [-0.1, -0.05) is 32.0 Å². The van der Waals surface area contributed by atoms with Crippen LogP contribution in [0, 0.1) is 9.49 Å². The summed E-state index contributed by atoms with van der Waals surface area (Å²) < 4.78 is 12.2. The highest BCUT2D eigenvalue weighted by atomic mass is 127. The average Bonchev–Trinajstić information content (AvgIpc) is 2.53. The van der Waals surface area contributed by atoms with Crippen molar-refractivity contribution in [2.45, 2.75) is 38.8 Å². The standard InChI is InChI=1S/C17H23IN2O2/c1-11(2)15-17(22-4)19-14(16(20-15)21-3)10-9-12-7-5-6-8-13(12)18/h5-8,11,14-15H,9-10H2,1-4H3/t14-,15+/m0/s1. The van der Waals surface area contributed by atoms with Crippen LogP contribution in [0.25, 0.3) is 0 Å². The van der Waals surface area contributed by atoms with Crippen LogP contribution in [0.3, 0.4) is 0 Å². The van der Waals surface area contributed by atoms with Gasteiger partial charge in [0.15, 0.2) is 0 Å². The molecular weight excluding hydrogens is 391 g/mol. The molecule has 0 aromatic heterocycles. The zero-order valence-electron chi connectivity index (χ0n) is 13.5. The number of methoxy groups -OCH3 is 2. The van der Waals surface area contributed by atoms with Crippen LogP contribution in [0.4, 0.5) is 0 Å². The van der Waals surface area contributed by atoms with Crippen LogP contribution in [0.5, 0.6) is 0 Å². The lowest BCUT2D eigenvalue weighted by Crippen LogP contribution is -2.37. The van der Waals surface area contributed by atoms with Crippen molar-refractivity contribution >= 4 is 34.4 Å². The Morgan fingerprint density at radius 2 is 1.77 bits per heavy atom. The van der Waals surface area contributed by atoms with Crippen LogP contribution in [0.2, 0.25) is 0 Å². The maximum absolute atomic E-state index is 5.48. The van der Waals surface area contributed by atoms with E-state index in [1.54, 1.807) is 14.2 Å². The number of hydrogen-bond acceptors (Lipinski definition) is 4. The SMILES string of the molecule is COC1=N[C@H](C(C)C)C(OC)=N[C@H]1CCc1ccccc1I. The molecule has 2 rings (SSSR count). The highest BCUT2D eigenvalue weighted by Gasteiger charge is 2.30. The van der Waals surface area contributed by atoms with Gasteiger partial charge in [-0.05, 0) is 53.0 Å². The minimum Gasteiger partial charge on any atom is -0.483 e. The van der Waals surface area contributed by atoms with Gasteiger partial charge in [0, 0.05) is 3.57 Å². The topological polar surface area (TPSA) is 43.2 Å². The number of nitrogens with zero attached hydrogens (tertiary/aromatic N) is 2. The molecule has 0 fully saturated rings. The second-order valence-corrected chi connectivity index (χ2v) is 6.84. The van der Waals surface area contributed by atoms with Gasteiger partial charge >= 0.3 is 0 Å². The van der Waals surface area contributed by atoms with Gasteiger partial charge in [0.1, 0.15) is 12.1 Å². The van der Waals surface area contributed by atoms with E-state index in [0.717, 1.165) is 12.8 Å². The number of rotatable bonds is 4. The number of aliphatic imine (C=N–C) groups is 2. The Bertz CT molecular complexity index is 570. The van der Waals surface area contributed by atoms with Crippen molar-refractivity contribution in [2.75, 3.05) is 14.2 Å². The van der Waals surface area contributed by atoms with E-state index in [9.17, 15) is 0 Å². The molecule has 0 N–H and O–H groups in total. The van der Waals surface area contributed by atoms with Gasteiger partial charge in [-0.3, -0.25) is 0 Å². The van der Waals surface area contributed by atoms with Crippen molar-refractivity contribution in [1.82, 2.24) is 0 Å². The largest absolute Gasteiger partial charge is 0.483 e. The van der Waals surface area contributed by atoms with E-state index in [1.807, 2.05) is 0 Å². The lowest BCUT2D eigenvalue weighted by atomic mass is 10.0. The minimum atomic E-state index is -0.0639. The van der Waals surface area contributed by atoms with Gasteiger partial charge in [0.25, 0.3) is 0 Å². The predicted octanol–water partition coefficient (Wildman–Crippen LogP) is 3.72. The van der Waals surface area contributed by atoms with E-state index in [1.165, 1.54) is 9.13 Å². The number of ether oxygens (including phenoxy) is 2. The predicted molar refractivity (Wildman–Crippen MR) is 98.8 cm³/mol. The molecule has 0 aliphatic carbocycles. The Hall–Kier alpha value is -1.11. The first-order valence-electron chi connectivity index (χ1n) is 7.53. The third kappa shape index (κ3) is 4.00. The van der Waals surface area contributed by atoms with Gasteiger partial charge in [-0.2, -0.15) is 0 Å². The summed E-state index contributed by atoms with van der Waals surface area (Å²) in [5.74, 6) is 1.76. The Morgan fingerprint density at radius 1 is 1.09 bits per heavy atom. The number of halogens is 1. The second kappa shape index (κ2) is 7.94. The first-order chi connectivity index (χ1) is 10.6. The Kier molecular flexibility index (Phi) is 6.23. The van der Waals surface area contributed by atoms with E-state index in [0.29, 0.717) is 17.7 Å². The van der Waals surface area contributed by atoms with E-state index in [2.05, 4.69) is 60.7 Å². The molecule has 4 nitrogen and oxygen atoms in total. The van der Waals surface area contributed by atoms with Crippen LogP contribution in [0.1, 0.15) is 25.8 Å². The van der Waals surface area contributed by atoms with Gasteiger partial charge in [-0.15, -0.1) is 0 Å². The van der Waals surface area contributed by atoms with Gasteiger partial charge < -0.3 is 9.47 Å². The second-order valence-electron chi connectivity index (χ2n) is 5.68. The van der Waals surface area contributed by atoms with Gasteiger partial charge in [0.2, 0.25) is 11.8 Å². The van der Waals surface area contributed by atoms with Crippen molar-refractivity contribution in [1.29, 1.82) is 0 Å². The maximum Gasteiger partial charge on any atom is 0.209 e. The van der Waals surface area contributed by atoms with Crippen molar-refractivity contribution in [3.8, 4) is 0 Å². The summed E-state index contributed by atoms with van der Waals surface area (Å²) in [6.07, 6.45) is 1.81. The lowest BCUT2D eigenvalue weighted by molar-refractivity contribution is 0.330. The molecule has 5 heteroatoms. The fourth-order valence-corrected chi connectivity index (χ4v) is 3.20. The van der Waals surface area contributed by atoms with Crippen molar-refractivity contribution in [2.24, 2.45) is 15.9 Å². The quantitative estimate of drug-likeness (QED) is 0.705. The molecule has 0 bridgehead atoms. The molecule has 120 valence electrons. The summed E-state index contributed by atoms with van der Waals surface area (Å²) >= 11 is 2.37. The van der Waals surface area contributed by atoms with E-state index >= 15 is 0 Å². The number of aryl methyl sites for hydroxylation is 1. The van der Waals surface area contributed by atoms with E-state index in [4.69, 9.17) is 19.5 Å². The summed E-state index contributed by atoms with van der Waals surface area (Å²) in [5, 5.41) is 0. The van der Waals surface area contributed by atoms with E-state index in [-0.39, 0.29) is 12.1 Å². The van der Waals surface area contributed by atoms with Crippen molar-refractivity contribution < 1.29 is 9.47 Å². The summed E-state index contributed by atoms with van der Waals surface area (Å²) in [4.78, 5) is 9.44. The van der Waals surface area contributed by atoms with Gasteiger partial charge in [-0.25, -0.2) is 9.98 Å². The average molecular weight is 414 g/mol. The zero-order chi connectivity index (χ0) is 16.1. The Balaban J connectivity index is 2.14. The normalized spacial score (nSPS) is 21.4. The third-order valence-corrected chi connectivity index (χ3v) is 4.83. The number of benzene rings is 1. The maximum atomic E-state index is 5.48. The molecule has 0 radical (unpaired) electrons. The summed E-state index contributed by atoms with van der Waals surface area (Å²) in [6, 6.07) is 8.30. The minimum absolute atomic E-state index is 0.0481. The Morgan fingerprint density at radius 3 is 2.36 bits per heavy atom. The van der Waals surface area contributed by atoms with E-state index < -0.39 is 0 Å². The van der Waals surface area contributed by atoms with Crippen LogP contribution in [-0.2, 0) is 15.9 Å². The van der Waals surface area contributed by atoms with Crippen LogP contribution >= 0.6 is 22.6 Å². The summed E-state index contributed by atoms with van der Waals surface area (Å²) in [6.45, 7) is 4.23. The van der Waals surface area contributed by atoms with Crippen molar-refractivity contribution in [3.05, 3.63) is 33.4 Å². The molecule has 1 aromatic carbocycles. The third-order valence-electron chi connectivity index (χ3n) is 3.78. The molecule has 22 heavy (non-hydrogen) atoms. The molecule has 0 saturated carbocycles. The molecular formula is C17H23IN2O2.